The lowest BCUT2D eigenvalue weighted by molar-refractivity contribution is -0.129. The van der Waals surface area contributed by atoms with Crippen molar-refractivity contribution in [2.75, 3.05) is 13.7 Å². The standard InChI is InChI=1S/C23H22ClNO6/c1-4-5-8-25-19(15-7-6-12(2)30-15)18(21(27)23(25)28)20(26)16-10-13-9-14(24)11-17(29-3)22(13)31-16/h6-7,9-11,19,27H,4-5,8H2,1-3H3. The summed E-state index contributed by atoms with van der Waals surface area (Å²) in [5.41, 5.74) is 0.285. The van der Waals surface area contributed by atoms with Gasteiger partial charge < -0.3 is 23.6 Å². The van der Waals surface area contributed by atoms with Crippen molar-refractivity contribution in [2.45, 2.75) is 32.7 Å². The number of halogens is 1. The zero-order chi connectivity index (χ0) is 22.3. The Morgan fingerprint density at radius 2 is 2.03 bits per heavy atom. The van der Waals surface area contributed by atoms with Crippen LogP contribution in [-0.4, -0.2) is 35.4 Å². The smallest absolute Gasteiger partial charge is 0.290 e. The minimum atomic E-state index is -0.834. The van der Waals surface area contributed by atoms with Gasteiger partial charge in [-0.1, -0.05) is 24.9 Å². The Bertz CT molecular complexity index is 1200. The fourth-order valence-corrected chi connectivity index (χ4v) is 4.04. The monoisotopic (exact) mass is 443 g/mol. The van der Waals surface area contributed by atoms with E-state index in [2.05, 4.69) is 0 Å². The average molecular weight is 444 g/mol. The predicted molar refractivity (Wildman–Crippen MR) is 115 cm³/mol. The number of hydrogen-bond acceptors (Lipinski definition) is 6. The fraction of sp³-hybridized carbons (Fsp3) is 0.304. The molecule has 1 atom stereocenters. The number of Topliss-reactive ketones (excluding diaryl/α,β-unsaturated/α-hetero) is 1. The van der Waals surface area contributed by atoms with Crippen LogP contribution in [-0.2, 0) is 4.79 Å². The summed E-state index contributed by atoms with van der Waals surface area (Å²) in [6.07, 6.45) is 1.57. The Kier molecular flexibility index (Phi) is 5.54. The van der Waals surface area contributed by atoms with Gasteiger partial charge in [0.1, 0.15) is 17.6 Å². The third kappa shape index (κ3) is 3.59. The number of furan rings is 2. The number of carbonyl (C=O) groups is 2. The second kappa shape index (κ2) is 8.15. The third-order valence-corrected chi connectivity index (χ3v) is 5.54. The molecule has 31 heavy (non-hydrogen) atoms. The SMILES string of the molecule is CCCCN1C(=O)C(O)=C(C(=O)c2cc3cc(Cl)cc(OC)c3o2)C1c1ccc(C)o1. The molecule has 0 bridgehead atoms. The topological polar surface area (TPSA) is 93.1 Å². The number of unbranched alkanes of at least 4 members (excludes halogenated alkanes) is 1. The molecule has 2 aromatic heterocycles. The molecule has 0 saturated carbocycles. The average Bonchev–Trinajstić information content (AvgIpc) is 3.42. The van der Waals surface area contributed by atoms with Crippen molar-refractivity contribution >= 4 is 34.3 Å². The van der Waals surface area contributed by atoms with Gasteiger partial charge in [-0.15, -0.1) is 0 Å². The van der Waals surface area contributed by atoms with E-state index in [1.54, 1.807) is 31.2 Å². The normalized spacial score (nSPS) is 16.6. The van der Waals surface area contributed by atoms with Gasteiger partial charge in [0, 0.05) is 23.0 Å². The lowest BCUT2D eigenvalue weighted by Gasteiger charge is -2.24. The number of benzene rings is 1. The first-order chi connectivity index (χ1) is 14.8. The molecular formula is C23H22ClNO6. The summed E-state index contributed by atoms with van der Waals surface area (Å²) in [4.78, 5) is 27.7. The third-order valence-electron chi connectivity index (χ3n) is 5.32. The van der Waals surface area contributed by atoms with E-state index in [0.717, 1.165) is 12.8 Å². The van der Waals surface area contributed by atoms with Gasteiger partial charge in [-0.2, -0.15) is 0 Å². The summed E-state index contributed by atoms with van der Waals surface area (Å²) < 4.78 is 16.8. The van der Waals surface area contributed by atoms with Gasteiger partial charge in [0.2, 0.25) is 5.78 Å². The Hall–Kier alpha value is -3.19. The predicted octanol–water partition coefficient (Wildman–Crippen LogP) is 5.37. The number of methoxy groups -OCH3 is 1. The summed E-state index contributed by atoms with van der Waals surface area (Å²) >= 11 is 6.11. The number of nitrogens with zero attached hydrogens (tertiary/aromatic N) is 1. The molecule has 3 aromatic rings. The Labute approximate surface area is 183 Å². The quantitative estimate of drug-likeness (QED) is 0.493. The lowest BCUT2D eigenvalue weighted by atomic mass is 9.99. The molecule has 8 heteroatoms. The van der Waals surface area contributed by atoms with Crippen molar-refractivity contribution in [3.63, 3.8) is 0 Å². The van der Waals surface area contributed by atoms with Crippen molar-refractivity contribution in [1.29, 1.82) is 0 Å². The van der Waals surface area contributed by atoms with Crippen molar-refractivity contribution in [3.05, 3.63) is 64.0 Å². The van der Waals surface area contributed by atoms with Crippen LogP contribution in [0.2, 0.25) is 5.02 Å². The van der Waals surface area contributed by atoms with Crippen molar-refractivity contribution in [2.24, 2.45) is 0 Å². The van der Waals surface area contributed by atoms with Crippen LogP contribution in [0.15, 0.2) is 50.5 Å². The van der Waals surface area contributed by atoms with Gasteiger partial charge in [-0.05, 0) is 37.6 Å². The number of amides is 1. The molecule has 1 N–H and O–H groups in total. The van der Waals surface area contributed by atoms with Gasteiger partial charge in [-0.25, -0.2) is 0 Å². The number of aryl methyl sites for hydroxylation is 1. The van der Waals surface area contributed by atoms with Crippen LogP contribution in [0.25, 0.3) is 11.0 Å². The van der Waals surface area contributed by atoms with E-state index in [0.29, 0.717) is 39.8 Å². The van der Waals surface area contributed by atoms with Crippen LogP contribution in [0.4, 0.5) is 0 Å². The lowest BCUT2D eigenvalue weighted by Crippen LogP contribution is -2.31. The maximum Gasteiger partial charge on any atom is 0.290 e. The zero-order valence-corrected chi connectivity index (χ0v) is 18.2. The number of ketones is 1. The van der Waals surface area contributed by atoms with Crippen LogP contribution >= 0.6 is 11.6 Å². The number of aliphatic hydroxyl groups is 1. The first kappa shape index (κ1) is 21.1. The molecule has 4 rings (SSSR count). The van der Waals surface area contributed by atoms with Crippen LogP contribution in [0.3, 0.4) is 0 Å². The largest absolute Gasteiger partial charge is 0.503 e. The molecule has 162 valence electrons. The van der Waals surface area contributed by atoms with E-state index in [4.69, 9.17) is 25.2 Å². The molecule has 7 nitrogen and oxygen atoms in total. The van der Waals surface area contributed by atoms with Gasteiger partial charge in [0.25, 0.3) is 5.91 Å². The highest BCUT2D eigenvalue weighted by molar-refractivity contribution is 6.31. The number of ether oxygens (including phenoxy) is 1. The molecule has 0 saturated heterocycles. The molecule has 0 fully saturated rings. The molecule has 1 aliphatic rings. The van der Waals surface area contributed by atoms with Crippen molar-refractivity contribution in [1.82, 2.24) is 4.90 Å². The van der Waals surface area contributed by atoms with E-state index in [1.807, 2.05) is 6.92 Å². The van der Waals surface area contributed by atoms with Gasteiger partial charge in [-0.3, -0.25) is 9.59 Å². The molecule has 0 aliphatic carbocycles. The number of hydrogen-bond donors (Lipinski definition) is 1. The fourth-order valence-electron chi connectivity index (χ4n) is 3.82. The number of rotatable bonds is 7. The van der Waals surface area contributed by atoms with E-state index in [1.165, 1.54) is 18.1 Å². The summed E-state index contributed by atoms with van der Waals surface area (Å²) in [6, 6.07) is 7.38. The maximum atomic E-state index is 13.5. The molecule has 1 unspecified atom stereocenters. The second-order valence-electron chi connectivity index (χ2n) is 7.43. The number of aliphatic hydroxyl groups excluding tert-OH is 1. The molecule has 0 radical (unpaired) electrons. The van der Waals surface area contributed by atoms with E-state index >= 15 is 0 Å². The van der Waals surface area contributed by atoms with Gasteiger partial charge in [0.15, 0.2) is 22.9 Å². The maximum absolute atomic E-state index is 13.5. The highest BCUT2D eigenvalue weighted by Gasteiger charge is 2.45. The van der Waals surface area contributed by atoms with Crippen molar-refractivity contribution in [3.8, 4) is 5.75 Å². The molecule has 3 heterocycles. The number of fused-ring (bicyclic) bond motifs is 1. The van der Waals surface area contributed by atoms with Crippen LogP contribution < -0.4 is 4.74 Å². The first-order valence-electron chi connectivity index (χ1n) is 9.97. The second-order valence-corrected chi connectivity index (χ2v) is 7.87. The van der Waals surface area contributed by atoms with Crippen LogP contribution in [0.5, 0.6) is 5.75 Å². The van der Waals surface area contributed by atoms with E-state index in [9.17, 15) is 14.7 Å². The summed E-state index contributed by atoms with van der Waals surface area (Å²) in [7, 11) is 1.47. The zero-order valence-electron chi connectivity index (χ0n) is 17.4. The Morgan fingerprint density at radius 1 is 1.26 bits per heavy atom. The first-order valence-corrected chi connectivity index (χ1v) is 10.4. The van der Waals surface area contributed by atoms with Gasteiger partial charge in [0.05, 0.1) is 12.7 Å². The summed E-state index contributed by atoms with van der Waals surface area (Å²) in [5, 5.41) is 11.7. The van der Waals surface area contributed by atoms with Crippen molar-refractivity contribution < 1.29 is 28.3 Å². The Balaban J connectivity index is 1.81. The minimum Gasteiger partial charge on any atom is -0.503 e. The number of carbonyl (C=O) groups excluding carboxylic acids is 2. The van der Waals surface area contributed by atoms with E-state index < -0.39 is 23.5 Å². The minimum absolute atomic E-state index is 0.0319. The van der Waals surface area contributed by atoms with Crippen LogP contribution in [0.1, 0.15) is 47.9 Å². The summed E-state index contributed by atoms with van der Waals surface area (Å²) in [6.45, 7) is 4.15. The molecule has 1 aromatic carbocycles. The highest BCUT2D eigenvalue weighted by atomic mass is 35.5. The Morgan fingerprint density at radius 3 is 2.68 bits per heavy atom. The van der Waals surface area contributed by atoms with Crippen LogP contribution in [0, 0.1) is 6.92 Å². The van der Waals surface area contributed by atoms with E-state index in [-0.39, 0.29) is 11.3 Å². The highest BCUT2D eigenvalue weighted by Crippen LogP contribution is 2.41. The molecular weight excluding hydrogens is 422 g/mol. The molecule has 1 aliphatic heterocycles. The van der Waals surface area contributed by atoms with Gasteiger partial charge >= 0.3 is 0 Å². The molecule has 0 spiro atoms. The molecule has 1 amide bonds. The summed E-state index contributed by atoms with van der Waals surface area (Å²) in [5.74, 6) is -0.401.